The molecule has 0 aromatic heterocycles. The van der Waals surface area contributed by atoms with Crippen molar-refractivity contribution >= 4 is 11.4 Å². The van der Waals surface area contributed by atoms with Gasteiger partial charge in [-0.2, -0.15) is 0 Å². The molecule has 0 spiro atoms. The Kier molecular flexibility index (Phi) is 4.60. The number of hydrogen-bond acceptors (Lipinski definition) is 4. The van der Waals surface area contributed by atoms with E-state index in [1.54, 1.807) is 13.0 Å². The molecule has 2 atom stereocenters. The predicted octanol–water partition coefficient (Wildman–Crippen LogP) is 2.86. The number of hydrogen-bond donors (Lipinski definition) is 1. The summed E-state index contributed by atoms with van der Waals surface area (Å²) in [5.74, 6) is 0.684. The molecule has 1 aliphatic heterocycles. The number of nitrogens with two attached hydrogens (primary N) is 1. The topological polar surface area (TPSA) is 72.4 Å². The summed E-state index contributed by atoms with van der Waals surface area (Å²) in [4.78, 5) is 13.2. The highest BCUT2D eigenvalue weighted by Crippen LogP contribution is 2.36. The molecule has 1 aromatic carbocycles. The van der Waals surface area contributed by atoms with Crippen LogP contribution in [0.3, 0.4) is 0 Å². The quantitative estimate of drug-likeness (QED) is 0.678. The van der Waals surface area contributed by atoms with E-state index in [1.165, 1.54) is 0 Å². The molecule has 0 aliphatic carbocycles. The number of rotatable bonds is 4. The maximum absolute atomic E-state index is 11.3. The van der Waals surface area contributed by atoms with Crippen LogP contribution in [-0.4, -0.2) is 24.1 Å². The zero-order valence-corrected chi connectivity index (χ0v) is 12.2. The van der Waals surface area contributed by atoms with E-state index < -0.39 is 0 Å². The minimum Gasteiger partial charge on any atom is -0.362 e. The van der Waals surface area contributed by atoms with Gasteiger partial charge in [-0.05, 0) is 31.7 Å². The molecule has 1 heterocycles. The van der Waals surface area contributed by atoms with Gasteiger partial charge in [-0.15, -0.1) is 0 Å². The number of nitrogens with zero attached hydrogens (tertiary/aromatic N) is 2. The Morgan fingerprint density at radius 3 is 2.85 bits per heavy atom. The van der Waals surface area contributed by atoms with Crippen molar-refractivity contribution in [2.75, 3.05) is 18.0 Å². The highest BCUT2D eigenvalue weighted by Gasteiger charge is 2.31. The average molecular weight is 277 g/mol. The highest BCUT2D eigenvalue weighted by atomic mass is 16.6. The number of benzene rings is 1. The Balaban J connectivity index is 2.35. The fourth-order valence-electron chi connectivity index (χ4n) is 3.16. The number of anilines is 1. The Hall–Kier alpha value is -1.62. The van der Waals surface area contributed by atoms with Crippen molar-refractivity contribution in [3.05, 3.63) is 33.9 Å². The van der Waals surface area contributed by atoms with Gasteiger partial charge in [0.1, 0.15) is 5.69 Å². The third kappa shape index (κ3) is 2.77. The van der Waals surface area contributed by atoms with E-state index >= 15 is 0 Å². The molecular weight excluding hydrogens is 254 g/mol. The molecule has 2 unspecified atom stereocenters. The molecule has 0 radical (unpaired) electrons. The van der Waals surface area contributed by atoms with Crippen LogP contribution in [0.2, 0.25) is 0 Å². The van der Waals surface area contributed by atoms with Crippen LogP contribution in [0.15, 0.2) is 18.2 Å². The van der Waals surface area contributed by atoms with Gasteiger partial charge >= 0.3 is 0 Å². The molecule has 1 aliphatic rings. The van der Waals surface area contributed by atoms with Crippen LogP contribution in [0.1, 0.15) is 31.7 Å². The highest BCUT2D eigenvalue weighted by molar-refractivity contribution is 5.67. The first-order valence-electron chi connectivity index (χ1n) is 7.29. The van der Waals surface area contributed by atoms with Gasteiger partial charge in [-0.1, -0.05) is 25.5 Å². The first-order valence-corrected chi connectivity index (χ1v) is 7.29. The molecule has 110 valence electrons. The van der Waals surface area contributed by atoms with Crippen LogP contribution < -0.4 is 10.6 Å². The average Bonchev–Trinajstić information content (AvgIpc) is 2.45. The predicted molar refractivity (Wildman–Crippen MR) is 81.0 cm³/mol. The number of aryl methyl sites for hydroxylation is 1. The van der Waals surface area contributed by atoms with Crippen LogP contribution >= 0.6 is 0 Å². The summed E-state index contributed by atoms with van der Waals surface area (Å²) < 4.78 is 0. The van der Waals surface area contributed by atoms with Crippen LogP contribution in [-0.2, 0) is 0 Å². The van der Waals surface area contributed by atoms with Crippen LogP contribution in [0.25, 0.3) is 0 Å². The van der Waals surface area contributed by atoms with E-state index in [2.05, 4.69) is 11.8 Å². The summed E-state index contributed by atoms with van der Waals surface area (Å²) in [6.07, 6.45) is 3.26. The van der Waals surface area contributed by atoms with Gasteiger partial charge < -0.3 is 10.6 Å². The molecule has 2 rings (SSSR count). The minimum absolute atomic E-state index is 0.203. The summed E-state index contributed by atoms with van der Waals surface area (Å²) in [7, 11) is 0. The molecule has 5 nitrogen and oxygen atoms in total. The summed E-state index contributed by atoms with van der Waals surface area (Å²) >= 11 is 0. The third-order valence-corrected chi connectivity index (χ3v) is 4.38. The summed E-state index contributed by atoms with van der Waals surface area (Å²) in [6, 6.07) is 5.73. The lowest BCUT2D eigenvalue weighted by Gasteiger charge is -2.40. The van der Waals surface area contributed by atoms with Crippen molar-refractivity contribution in [2.24, 2.45) is 11.7 Å². The fourth-order valence-corrected chi connectivity index (χ4v) is 3.16. The molecule has 0 bridgehead atoms. The second-order valence-electron chi connectivity index (χ2n) is 5.58. The molecule has 1 aromatic rings. The van der Waals surface area contributed by atoms with Gasteiger partial charge in [0.05, 0.1) is 4.92 Å². The van der Waals surface area contributed by atoms with Gasteiger partial charge in [0.15, 0.2) is 0 Å². The van der Waals surface area contributed by atoms with Crippen LogP contribution in [0.4, 0.5) is 11.4 Å². The maximum Gasteiger partial charge on any atom is 0.295 e. The third-order valence-electron chi connectivity index (χ3n) is 4.38. The monoisotopic (exact) mass is 277 g/mol. The lowest BCUT2D eigenvalue weighted by molar-refractivity contribution is -0.384. The maximum atomic E-state index is 11.3. The smallest absolute Gasteiger partial charge is 0.295 e. The Morgan fingerprint density at radius 1 is 1.50 bits per heavy atom. The van der Waals surface area contributed by atoms with Crippen LogP contribution in [0, 0.1) is 23.0 Å². The van der Waals surface area contributed by atoms with Crippen molar-refractivity contribution in [3.63, 3.8) is 0 Å². The van der Waals surface area contributed by atoms with E-state index in [0.717, 1.165) is 31.5 Å². The number of para-hydroxylation sites is 1. The summed E-state index contributed by atoms with van der Waals surface area (Å²) in [5, 5.41) is 11.3. The number of piperidine rings is 1. The molecule has 20 heavy (non-hydrogen) atoms. The molecule has 0 amide bonds. The van der Waals surface area contributed by atoms with Crippen molar-refractivity contribution < 1.29 is 4.92 Å². The van der Waals surface area contributed by atoms with Crippen LogP contribution in [0.5, 0.6) is 0 Å². The van der Waals surface area contributed by atoms with Gasteiger partial charge in [0.2, 0.25) is 0 Å². The normalized spacial score (nSPS) is 22.9. The molecule has 1 fully saturated rings. The van der Waals surface area contributed by atoms with Crippen molar-refractivity contribution in [1.82, 2.24) is 0 Å². The van der Waals surface area contributed by atoms with Gasteiger partial charge in [0.25, 0.3) is 5.69 Å². The van der Waals surface area contributed by atoms with Gasteiger partial charge in [-0.25, -0.2) is 0 Å². The van der Waals surface area contributed by atoms with E-state index in [1.807, 2.05) is 12.1 Å². The van der Waals surface area contributed by atoms with E-state index in [4.69, 9.17) is 5.73 Å². The fraction of sp³-hybridized carbons (Fsp3) is 0.600. The second kappa shape index (κ2) is 6.22. The largest absolute Gasteiger partial charge is 0.362 e. The molecule has 2 N–H and O–H groups in total. The van der Waals surface area contributed by atoms with E-state index in [9.17, 15) is 10.1 Å². The van der Waals surface area contributed by atoms with Crippen molar-refractivity contribution in [2.45, 2.75) is 39.2 Å². The minimum atomic E-state index is -0.274. The number of nitro benzene ring substituents is 1. The first-order chi connectivity index (χ1) is 9.58. The Labute approximate surface area is 119 Å². The number of nitro groups is 1. The summed E-state index contributed by atoms with van der Waals surface area (Å²) in [5.41, 5.74) is 7.56. The van der Waals surface area contributed by atoms with E-state index in [0.29, 0.717) is 18.0 Å². The lowest BCUT2D eigenvalue weighted by atomic mass is 9.88. The van der Waals surface area contributed by atoms with Gasteiger partial charge in [0, 0.05) is 24.7 Å². The van der Waals surface area contributed by atoms with Crippen molar-refractivity contribution in [3.8, 4) is 0 Å². The Bertz CT molecular complexity index is 490. The standard InChI is InChI=1S/C15H23N3O2/c1-3-12-7-8-17(13(9-12)10-16)14-6-4-5-11(2)15(14)18(19)20/h4-6,12-13H,3,7-10,16H2,1-2H3. The van der Waals surface area contributed by atoms with Crippen molar-refractivity contribution in [1.29, 1.82) is 0 Å². The zero-order valence-electron chi connectivity index (χ0n) is 12.2. The zero-order chi connectivity index (χ0) is 14.7. The lowest BCUT2D eigenvalue weighted by Crippen LogP contribution is -2.47. The van der Waals surface area contributed by atoms with E-state index in [-0.39, 0.29) is 16.7 Å². The Morgan fingerprint density at radius 2 is 2.25 bits per heavy atom. The molecule has 5 heteroatoms. The second-order valence-corrected chi connectivity index (χ2v) is 5.58. The van der Waals surface area contributed by atoms with Gasteiger partial charge in [-0.3, -0.25) is 10.1 Å². The summed E-state index contributed by atoms with van der Waals surface area (Å²) in [6.45, 7) is 5.38. The molecular formula is C15H23N3O2. The first kappa shape index (κ1) is 14.8. The molecule has 1 saturated heterocycles. The SMILES string of the molecule is CCC1CCN(c2cccc(C)c2[N+](=O)[O-])C(CN)C1. The molecule has 0 saturated carbocycles.